The molecule has 4 aliphatic rings. The summed E-state index contributed by atoms with van der Waals surface area (Å²) in [6.45, 7) is 8.39. The Morgan fingerprint density at radius 1 is 1.02 bits per heavy atom. The molecule has 0 radical (unpaired) electrons. The average molecular weight is 544 g/mol. The van der Waals surface area contributed by atoms with Crippen LogP contribution in [0, 0.1) is 0 Å². The summed E-state index contributed by atoms with van der Waals surface area (Å²) in [6.07, 6.45) is 12.2. The van der Waals surface area contributed by atoms with Crippen LogP contribution in [0.1, 0.15) is 76.8 Å². The number of fused-ring (bicyclic) bond motifs is 2. The SMILES string of the molecule is CC(C)n1cnc2cc(-c3ccc4c(c3)N(C3CC(N5CCCCC5)C3)C(O)CNCCC4)nc(NC3CC3)c21. The van der Waals surface area contributed by atoms with Gasteiger partial charge in [0.05, 0.1) is 17.5 Å². The van der Waals surface area contributed by atoms with Crippen LogP contribution in [0.25, 0.3) is 22.3 Å². The van der Waals surface area contributed by atoms with E-state index in [1.165, 1.54) is 56.4 Å². The number of hydrogen-bond acceptors (Lipinski definition) is 7. The first-order valence-electron chi connectivity index (χ1n) is 15.7. The number of rotatable bonds is 6. The predicted molar refractivity (Wildman–Crippen MR) is 162 cm³/mol. The number of aryl methyl sites for hydroxylation is 1. The standard InChI is InChI=1S/C32H45N7O/c1-21(2)38-20-34-28-18-27(36-32(31(28)38)35-24-10-11-24)23-9-8-22-7-6-12-33-19-30(40)39(29(22)15-23)26-16-25(17-26)37-13-4-3-5-14-37/h8-9,15,18,20-21,24-26,30,33,40H,3-7,10-14,16-17,19H2,1-2H3,(H,35,36). The number of nitrogens with zero attached hydrogens (tertiary/aromatic N) is 5. The molecule has 3 N–H and O–H groups in total. The summed E-state index contributed by atoms with van der Waals surface area (Å²) in [5, 5.41) is 18.7. The normalized spacial score (nSPS) is 26.2. The van der Waals surface area contributed by atoms with Gasteiger partial charge in [-0.2, -0.15) is 0 Å². The second-order valence-electron chi connectivity index (χ2n) is 12.8. The molecular formula is C32H45N7O. The van der Waals surface area contributed by atoms with Crippen molar-refractivity contribution >= 4 is 22.5 Å². The number of β-amino-alcohol motifs (C(OH)–C–C–N with tert-alkyl or cyclic N) is 1. The van der Waals surface area contributed by atoms with Crippen molar-refractivity contribution in [2.45, 2.75) is 102 Å². The summed E-state index contributed by atoms with van der Waals surface area (Å²) < 4.78 is 2.22. The highest BCUT2D eigenvalue weighted by Crippen LogP contribution is 2.40. The van der Waals surface area contributed by atoms with Gasteiger partial charge in [0.1, 0.15) is 11.7 Å². The molecule has 3 aromatic rings. The lowest BCUT2D eigenvalue weighted by atomic mass is 9.82. The third kappa shape index (κ3) is 5.10. The highest BCUT2D eigenvalue weighted by Gasteiger charge is 2.40. The Kier molecular flexibility index (Phi) is 7.18. The van der Waals surface area contributed by atoms with Crippen molar-refractivity contribution in [3.05, 3.63) is 36.2 Å². The van der Waals surface area contributed by atoms with E-state index in [0.29, 0.717) is 30.7 Å². The highest BCUT2D eigenvalue weighted by atomic mass is 16.3. The van der Waals surface area contributed by atoms with E-state index in [1.807, 2.05) is 6.33 Å². The Bertz CT molecular complexity index is 1340. The maximum atomic E-state index is 11.5. The average Bonchev–Trinajstić information content (AvgIpc) is 3.63. The third-order valence-electron chi connectivity index (χ3n) is 9.52. The van der Waals surface area contributed by atoms with Crippen LogP contribution >= 0.6 is 0 Å². The summed E-state index contributed by atoms with van der Waals surface area (Å²) in [7, 11) is 0. The molecule has 1 unspecified atom stereocenters. The monoisotopic (exact) mass is 543 g/mol. The van der Waals surface area contributed by atoms with Crippen LogP contribution in [-0.4, -0.2) is 75.1 Å². The lowest BCUT2D eigenvalue weighted by Crippen LogP contribution is -2.59. The molecule has 8 nitrogen and oxygen atoms in total. The minimum Gasteiger partial charge on any atom is -0.372 e. The number of pyridine rings is 1. The van der Waals surface area contributed by atoms with E-state index in [4.69, 9.17) is 9.97 Å². The molecule has 0 amide bonds. The molecule has 2 saturated carbocycles. The number of aliphatic hydroxyl groups is 1. The Balaban J connectivity index is 1.25. The number of aromatic nitrogens is 3. The summed E-state index contributed by atoms with van der Waals surface area (Å²) in [5.41, 5.74) is 6.62. The van der Waals surface area contributed by atoms with Crippen LogP contribution < -0.4 is 15.5 Å². The van der Waals surface area contributed by atoms with Crippen molar-refractivity contribution in [3.8, 4) is 11.3 Å². The largest absolute Gasteiger partial charge is 0.372 e. The van der Waals surface area contributed by atoms with Crippen molar-refractivity contribution in [1.82, 2.24) is 24.8 Å². The minimum atomic E-state index is -0.538. The van der Waals surface area contributed by atoms with Crippen LogP contribution in [0.4, 0.5) is 11.5 Å². The van der Waals surface area contributed by atoms with Crippen molar-refractivity contribution in [1.29, 1.82) is 0 Å². The zero-order valence-corrected chi connectivity index (χ0v) is 24.1. The smallest absolute Gasteiger partial charge is 0.153 e. The van der Waals surface area contributed by atoms with Gasteiger partial charge in [-0.25, -0.2) is 9.97 Å². The molecule has 2 aromatic heterocycles. The van der Waals surface area contributed by atoms with Gasteiger partial charge in [0, 0.05) is 42.0 Å². The topological polar surface area (TPSA) is 81.5 Å². The van der Waals surface area contributed by atoms with Gasteiger partial charge in [-0.3, -0.25) is 0 Å². The van der Waals surface area contributed by atoms with E-state index < -0.39 is 6.23 Å². The van der Waals surface area contributed by atoms with Crippen molar-refractivity contribution in [2.75, 3.05) is 36.4 Å². The van der Waals surface area contributed by atoms with Gasteiger partial charge >= 0.3 is 0 Å². The van der Waals surface area contributed by atoms with Gasteiger partial charge in [-0.05, 0) is 103 Å². The number of hydrogen-bond donors (Lipinski definition) is 3. The maximum absolute atomic E-state index is 11.5. The van der Waals surface area contributed by atoms with E-state index in [-0.39, 0.29) is 0 Å². The number of aliphatic hydroxyl groups excluding tert-OH is 1. The minimum absolute atomic E-state index is 0.317. The molecule has 0 bridgehead atoms. The number of piperidine rings is 1. The molecule has 40 heavy (non-hydrogen) atoms. The molecule has 1 aromatic carbocycles. The first-order valence-corrected chi connectivity index (χ1v) is 15.7. The molecule has 1 atom stereocenters. The fraction of sp³-hybridized carbons (Fsp3) is 0.625. The van der Waals surface area contributed by atoms with Crippen LogP contribution in [0.2, 0.25) is 0 Å². The Labute approximate surface area is 238 Å². The fourth-order valence-corrected chi connectivity index (χ4v) is 7.00. The molecule has 3 fully saturated rings. The first kappa shape index (κ1) is 26.2. The molecule has 2 aliphatic carbocycles. The summed E-state index contributed by atoms with van der Waals surface area (Å²) in [5.74, 6) is 0.939. The number of imidazole rings is 1. The lowest BCUT2D eigenvalue weighted by Gasteiger charge is -2.51. The van der Waals surface area contributed by atoms with E-state index in [2.05, 4.69) is 63.1 Å². The third-order valence-corrected chi connectivity index (χ3v) is 9.52. The van der Waals surface area contributed by atoms with E-state index in [0.717, 1.165) is 60.3 Å². The molecule has 1 saturated heterocycles. The summed E-state index contributed by atoms with van der Waals surface area (Å²) in [4.78, 5) is 15.0. The van der Waals surface area contributed by atoms with Crippen molar-refractivity contribution in [3.63, 3.8) is 0 Å². The fourth-order valence-electron chi connectivity index (χ4n) is 7.00. The molecule has 8 heteroatoms. The van der Waals surface area contributed by atoms with Gasteiger partial charge in [0.25, 0.3) is 0 Å². The Morgan fingerprint density at radius 2 is 1.85 bits per heavy atom. The Morgan fingerprint density at radius 3 is 2.62 bits per heavy atom. The molecule has 0 spiro atoms. The first-order chi connectivity index (χ1) is 19.5. The van der Waals surface area contributed by atoms with Gasteiger partial charge in [0.15, 0.2) is 5.82 Å². The number of anilines is 2. The lowest BCUT2D eigenvalue weighted by molar-refractivity contribution is 0.0650. The zero-order valence-electron chi connectivity index (χ0n) is 24.1. The van der Waals surface area contributed by atoms with Gasteiger partial charge in [-0.15, -0.1) is 0 Å². The molecule has 214 valence electrons. The molecule has 4 heterocycles. The molecule has 2 aliphatic heterocycles. The second-order valence-corrected chi connectivity index (χ2v) is 12.8. The quantitative estimate of drug-likeness (QED) is 0.407. The van der Waals surface area contributed by atoms with Crippen molar-refractivity contribution < 1.29 is 5.11 Å². The van der Waals surface area contributed by atoms with Gasteiger partial charge in [-0.1, -0.05) is 18.6 Å². The zero-order chi connectivity index (χ0) is 27.2. The maximum Gasteiger partial charge on any atom is 0.153 e. The van der Waals surface area contributed by atoms with Crippen molar-refractivity contribution in [2.24, 2.45) is 0 Å². The summed E-state index contributed by atoms with van der Waals surface area (Å²) in [6, 6.07) is 10.8. The van der Waals surface area contributed by atoms with E-state index in [1.54, 1.807) is 0 Å². The van der Waals surface area contributed by atoms with Gasteiger partial charge < -0.3 is 30.1 Å². The highest BCUT2D eigenvalue weighted by molar-refractivity contribution is 5.90. The number of nitrogens with one attached hydrogen (secondary N) is 2. The molecular weight excluding hydrogens is 498 g/mol. The Hall–Kier alpha value is -2.68. The van der Waals surface area contributed by atoms with E-state index >= 15 is 0 Å². The van der Waals surface area contributed by atoms with Crippen LogP contribution in [-0.2, 0) is 6.42 Å². The summed E-state index contributed by atoms with van der Waals surface area (Å²) >= 11 is 0. The molecule has 7 rings (SSSR count). The predicted octanol–water partition coefficient (Wildman–Crippen LogP) is 4.93. The van der Waals surface area contributed by atoms with Crippen LogP contribution in [0.3, 0.4) is 0 Å². The van der Waals surface area contributed by atoms with E-state index in [9.17, 15) is 5.11 Å². The number of likely N-dealkylation sites (tertiary alicyclic amines) is 1. The van der Waals surface area contributed by atoms with Gasteiger partial charge in [0.2, 0.25) is 0 Å². The number of benzene rings is 1. The van der Waals surface area contributed by atoms with Crippen LogP contribution in [0.15, 0.2) is 30.6 Å². The van der Waals surface area contributed by atoms with Crippen LogP contribution in [0.5, 0.6) is 0 Å². The second kappa shape index (κ2) is 11.0.